The molecule has 2 amide bonds. The van der Waals surface area contributed by atoms with Crippen LogP contribution in [0.4, 0.5) is 11.4 Å². The van der Waals surface area contributed by atoms with E-state index in [0.29, 0.717) is 5.69 Å². The smallest absolute Gasteiger partial charge is 0.266 e. The number of amides is 2. The van der Waals surface area contributed by atoms with E-state index in [1.54, 1.807) is 17.2 Å². The highest BCUT2D eigenvalue weighted by atomic mass is 16.7. The molecule has 0 aliphatic carbocycles. The molecule has 144 valence electrons. The summed E-state index contributed by atoms with van der Waals surface area (Å²) in [6.45, 7) is 1.83. The minimum absolute atomic E-state index is 0.244. The molecule has 0 radical (unpaired) electrons. The van der Waals surface area contributed by atoms with Crippen LogP contribution in [0, 0.1) is 5.41 Å². The number of imide groups is 1. The zero-order valence-electron chi connectivity index (χ0n) is 15.9. The molecule has 0 bridgehead atoms. The van der Waals surface area contributed by atoms with Crippen molar-refractivity contribution in [3.05, 3.63) is 96.6 Å². The second-order valence-electron chi connectivity index (χ2n) is 7.56. The molecule has 29 heavy (non-hydrogen) atoms. The number of carbonyl (C=O) groups is 2. The van der Waals surface area contributed by atoms with Gasteiger partial charge in [-0.15, -0.1) is 0 Å². The molecule has 0 N–H and O–H groups in total. The lowest BCUT2D eigenvalue weighted by Gasteiger charge is -2.32. The number of carbonyl (C=O) groups excluding carboxylic acids is 2. The number of benzene rings is 3. The molecule has 0 spiro atoms. The molecule has 3 aromatic rings. The summed E-state index contributed by atoms with van der Waals surface area (Å²) in [4.78, 5) is 34.5. The minimum atomic E-state index is -1.05. The average molecular weight is 384 g/mol. The second-order valence-corrected chi connectivity index (χ2v) is 7.56. The van der Waals surface area contributed by atoms with Crippen molar-refractivity contribution < 1.29 is 14.4 Å². The Bertz CT molecular complexity index is 1060. The Labute approximate surface area is 169 Å². The Balaban J connectivity index is 1.65. The van der Waals surface area contributed by atoms with Gasteiger partial charge < -0.3 is 0 Å². The quantitative estimate of drug-likeness (QED) is 0.637. The van der Waals surface area contributed by atoms with Crippen molar-refractivity contribution in [2.75, 3.05) is 9.96 Å². The monoisotopic (exact) mass is 384 g/mol. The lowest BCUT2D eigenvalue weighted by Crippen LogP contribution is -2.41. The van der Waals surface area contributed by atoms with Gasteiger partial charge in [0.15, 0.2) is 6.10 Å². The Morgan fingerprint density at radius 2 is 1.28 bits per heavy atom. The molecule has 5 heteroatoms. The highest BCUT2D eigenvalue weighted by Gasteiger charge is 2.68. The number of hydrogen-bond donors (Lipinski definition) is 0. The zero-order valence-corrected chi connectivity index (χ0v) is 15.9. The minimum Gasteiger partial charge on any atom is -0.273 e. The van der Waals surface area contributed by atoms with Gasteiger partial charge in [0.25, 0.3) is 5.91 Å². The first-order valence-electron chi connectivity index (χ1n) is 9.62. The molecule has 5 nitrogen and oxygen atoms in total. The molecule has 3 atom stereocenters. The lowest BCUT2D eigenvalue weighted by molar-refractivity contribution is -0.128. The van der Waals surface area contributed by atoms with Gasteiger partial charge >= 0.3 is 0 Å². The van der Waals surface area contributed by atoms with Crippen LogP contribution in [-0.4, -0.2) is 17.9 Å². The van der Waals surface area contributed by atoms with E-state index in [2.05, 4.69) is 0 Å². The average Bonchev–Trinajstić information content (AvgIpc) is 3.18. The van der Waals surface area contributed by atoms with E-state index < -0.39 is 17.6 Å². The molecule has 3 aromatic carbocycles. The molecule has 2 fully saturated rings. The fraction of sp³-hybridized carbons (Fsp3) is 0.167. The predicted octanol–water partition coefficient (Wildman–Crippen LogP) is 4.13. The molecular weight excluding hydrogens is 364 g/mol. The van der Waals surface area contributed by atoms with Crippen molar-refractivity contribution in [2.45, 2.75) is 19.1 Å². The SMILES string of the molecule is C[C@]12C(=O)N(c3ccccc3)C(=O)[C@H]1ON(c1ccccc1)[C@H]2c1ccccc1. The summed E-state index contributed by atoms with van der Waals surface area (Å²) < 4.78 is 0. The number of hydroxylamine groups is 1. The highest BCUT2D eigenvalue weighted by Crippen LogP contribution is 2.55. The van der Waals surface area contributed by atoms with E-state index in [9.17, 15) is 9.59 Å². The predicted molar refractivity (Wildman–Crippen MR) is 110 cm³/mol. The second kappa shape index (κ2) is 6.57. The van der Waals surface area contributed by atoms with Gasteiger partial charge in [-0.1, -0.05) is 66.7 Å². The van der Waals surface area contributed by atoms with Crippen LogP contribution in [0.2, 0.25) is 0 Å². The summed E-state index contributed by atoms with van der Waals surface area (Å²) in [6, 6.07) is 28.0. The molecule has 2 heterocycles. The molecule has 0 aromatic heterocycles. The van der Waals surface area contributed by atoms with Gasteiger partial charge in [0, 0.05) is 0 Å². The van der Waals surface area contributed by atoms with Crippen molar-refractivity contribution in [2.24, 2.45) is 5.41 Å². The van der Waals surface area contributed by atoms with Gasteiger partial charge in [0.05, 0.1) is 17.4 Å². The standard InChI is InChI=1S/C24H20N2O3/c1-24-20(17-11-5-2-6-12-17)26(19-15-9-4-10-16-19)29-21(24)22(27)25(23(24)28)18-13-7-3-8-14-18/h2-16,20-21H,1H3/t20-,21+,24+/m0/s1. The van der Waals surface area contributed by atoms with E-state index >= 15 is 0 Å². The van der Waals surface area contributed by atoms with Gasteiger partial charge in [-0.25, -0.2) is 9.96 Å². The summed E-state index contributed by atoms with van der Waals surface area (Å²) in [7, 11) is 0. The van der Waals surface area contributed by atoms with Crippen LogP contribution in [0.5, 0.6) is 0 Å². The van der Waals surface area contributed by atoms with Crippen LogP contribution in [0.3, 0.4) is 0 Å². The Morgan fingerprint density at radius 3 is 1.86 bits per heavy atom. The third-order valence-electron chi connectivity index (χ3n) is 5.82. The van der Waals surface area contributed by atoms with E-state index in [1.165, 1.54) is 4.90 Å². The number of para-hydroxylation sites is 2. The largest absolute Gasteiger partial charge is 0.273 e. The van der Waals surface area contributed by atoms with Crippen LogP contribution in [-0.2, 0) is 14.4 Å². The van der Waals surface area contributed by atoms with E-state index in [4.69, 9.17) is 4.84 Å². The van der Waals surface area contributed by atoms with E-state index in [1.807, 2.05) is 85.8 Å². The van der Waals surface area contributed by atoms with Crippen molar-refractivity contribution in [3.8, 4) is 0 Å². The van der Waals surface area contributed by atoms with Gasteiger partial charge in [-0.05, 0) is 36.8 Å². The number of fused-ring (bicyclic) bond motifs is 1. The summed E-state index contributed by atoms with van der Waals surface area (Å²) >= 11 is 0. The maximum Gasteiger partial charge on any atom is 0.266 e. The van der Waals surface area contributed by atoms with E-state index in [0.717, 1.165) is 11.3 Å². The molecule has 2 aliphatic heterocycles. The summed E-state index contributed by atoms with van der Waals surface area (Å²) in [5.74, 6) is -0.575. The molecule has 2 aliphatic rings. The van der Waals surface area contributed by atoms with Crippen LogP contribution in [0.1, 0.15) is 18.5 Å². The van der Waals surface area contributed by atoms with Crippen molar-refractivity contribution >= 4 is 23.2 Å². The van der Waals surface area contributed by atoms with Gasteiger partial charge in [0.1, 0.15) is 5.41 Å². The van der Waals surface area contributed by atoms with Crippen LogP contribution in [0.25, 0.3) is 0 Å². The van der Waals surface area contributed by atoms with Crippen LogP contribution >= 0.6 is 0 Å². The maximum absolute atomic E-state index is 13.7. The summed E-state index contributed by atoms with van der Waals surface area (Å²) in [5, 5.41) is 1.72. The first kappa shape index (κ1) is 17.6. The van der Waals surface area contributed by atoms with Gasteiger partial charge in [-0.2, -0.15) is 0 Å². The van der Waals surface area contributed by atoms with Gasteiger partial charge in [0.2, 0.25) is 5.91 Å². The van der Waals surface area contributed by atoms with Crippen molar-refractivity contribution in [1.29, 1.82) is 0 Å². The Morgan fingerprint density at radius 1 is 0.759 bits per heavy atom. The third kappa shape index (κ3) is 2.51. The molecular formula is C24H20N2O3. The first-order chi connectivity index (χ1) is 14.1. The number of hydrogen-bond acceptors (Lipinski definition) is 4. The van der Waals surface area contributed by atoms with Crippen LogP contribution < -0.4 is 9.96 Å². The first-order valence-corrected chi connectivity index (χ1v) is 9.62. The highest BCUT2D eigenvalue weighted by molar-refractivity contribution is 6.25. The normalized spacial score (nSPS) is 26.1. The zero-order chi connectivity index (χ0) is 20.0. The molecule has 5 rings (SSSR count). The number of nitrogens with zero attached hydrogens (tertiary/aromatic N) is 2. The lowest BCUT2D eigenvalue weighted by atomic mass is 9.76. The maximum atomic E-state index is 13.7. The number of anilines is 2. The third-order valence-corrected chi connectivity index (χ3v) is 5.82. The fourth-order valence-electron chi connectivity index (χ4n) is 4.38. The Kier molecular flexibility index (Phi) is 4.00. The summed E-state index contributed by atoms with van der Waals surface area (Å²) in [6.07, 6.45) is -0.888. The van der Waals surface area contributed by atoms with Crippen molar-refractivity contribution in [3.63, 3.8) is 0 Å². The van der Waals surface area contributed by atoms with E-state index in [-0.39, 0.29) is 11.8 Å². The van der Waals surface area contributed by atoms with Crippen LogP contribution in [0.15, 0.2) is 91.0 Å². The number of rotatable bonds is 3. The topological polar surface area (TPSA) is 49.9 Å². The summed E-state index contributed by atoms with van der Waals surface area (Å²) in [5.41, 5.74) is 1.26. The molecule has 0 unspecified atom stereocenters. The molecule has 0 saturated carbocycles. The molecule has 2 saturated heterocycles. The fourth-order valence-corrected chi connectivity index (χ4v) is 4.38. The Hall–Kier alpha value is -3.44. The van der Waals surface area contributed by atoms with Gasteiger partial charge in [-0.3, -0.25) is 14.4 Å². The van der Waals surface area contributed by atoms with Crippen molar-refractivity contribution in [1.82, 2.24) is 0 Å².